The van der Waals surface area contributed by atoms with Crippen molar-refractivity contribution in [1.82, 2.24) is 15.1 Å². The molecule has 1 amide bonds. The third kappa shape index (κ3) is 4.51. The van der Waals surface area contributed by atoms with Crippen LogP contribution in [0.2, 0.25) is 0 Å². The van der Waals surface area contributed by atoms with Crippen LogP contribution in [-0.2, 0) is 15.0 Å². The van der Waals surface area contributed by atoms with E-state index in [2.05, 4.69) is 27.2 Å². The van der Waals surface area contributed by atoms with E-state index in [-0.39, 0.29) is 17.1 Å². The number of Topliss-reactive ketones (excluding diaryl/α,β-unsaturated/α-hetero) is 1. The number of nitrogens with zero attached hydrogens (tertiary/aromatic N) is 2. The van der Waals surface area contributed by atoms with E-state index in [0.29, 0.717) is 6.54 Å². The summed E-state index contributed by atoms with van der Waals surface area (Å²) in [6.45, 7) is 7.71. The topological polar surface area (TPSA) is 52.7 Å². The molecule has 5 nitrogen and oxygen atoms in total. The number of carbonyl (C=O) groups excluding carboxylic acids is 2. The molecule has 1 N–H and O–H groups in total. The molecule has 142 valence electrons. The molecule has 2 heterocycles. The van der Waals surface area contributed by atoms with Gasteiger partial charge in [0.1, 0.15) is 5.78 Å². The van der Waals surface area contributed by atoms with E-state index in [4.69, 9.17) is 0 Å². The van der Waals surface area contributed by atoms with Gasteiger partial charge >= 0.3 is 0 Å². The van der Waals surface area contributed by atoms with E-state index in [0.717, 1.165) is 57.7 Å². The van der Waals surface area contributed by atoms with Gasteiger partial charge in [0.25, 0.3) is 0 Å². The van der Waals surface area contributed by atoms with Crippen molar-refractivity contribution in [2.24, 2.45) is 0 Å². The Balaban J connectivity index is 1.46. The Kier molecular flexibility index (Phi) is 6.43. The highest BCUT2D eigenvalue weighted by atomic mass is 16.2. The number of piperidine rings is 1. The molecule has 0 saturated carbocycles. The molecule has 0 radical (unpaired) electrons. The summed E-state index contributed by atoms with van der Waals surface area (Å²) < 4.78 is 0. The molecular formula is C21H31N3O2. The molecule has 2 fully saturated rings. The number of likely N-dealkylation sites (tertiary alicyclic amines) is 2. The van der Waals surface area contributed by atoms with Gasteiger partial charge < -0.3 is 10.2 Å². The summed E-state index contributed by atoms with van der Waals surface area (Å²) in [7, 11) is 0. The number of carbonyl (C=O) groups is 2. The summed E-state index contributed by atoms with van der Waals surface area (Å²) >= 11 is 0. The van der Waals surface area contributed by atoms with Crippen molar-refractivity contribution in [1.29, 1.82) is 0 Å². The molecule has 3 rings (SSSR count). The zero-order chi connectivity index (χ0) is 18.4. The molecule has 5 heteroatoms. The van der Waals surface area contributed by atoms with Crippen LogP contribution in [0.4, 0.5) is 0 Å². The predicted octanol–water partition coefficient (Wildman–Crippen LogP) is 1.82. The summed E-state index contributed by atoms with van der Waals surface area (Å²) in [5.74, 6) is 0.331. The van der Waals surface area contributed by atoms with Crippen molar-refractivity contribution >= 4 is 11.7 Å². The Morgan fingerprint density at radius 1 is 1.00 bits per heavy atom. The first-order valence-corrected chi connectivity index (χ1v) is 9.88. The number of hydrogen-bond acceptors (Lipinski definition) is 4. The van der Waals surface area contributed by atoms with Crippen molar-refractivity contribution in [2.75, 3.05) is 45.8 Å². The van der Waals surface area contributed by atoms with E-state index in [1.807, 2.05) is 18.2 Å². The summed E-state index contributed by atoms with van der Waals surface area (Å²) in [4.78, 5) is 29.2. The lowest BCUT2D eigenvalue weighted by atomic mass is 9.70. The Morgan fingerprint density at radius 3 is 2.27 bits per heavy atom. The van der Waals surface area contributed by atoms with E-state index >= 15 is 0 Å². The van der Waals surface area contributed by atoms with Gasteiger partial charge in [0.15, 0.2) is 0 Å². The van der Waals surface area contributed by atoms with Gasteiger partial charge in [-0.25, -0.2) is 0 Å². The molecular weight excluding hydrogens is 326 g/mol. The van der Waals surface area contributed by atoms with Gasteiger partial charge in [-0.05, 0) is 64.3 Å². The Hall–Kier alpha value is -1.72. The lowest BCUT2D eigenvalue weighted by Gasteiger charge is -2.40. The largest absolute Gasteiger partial charge is 0.354 e. The van der Waals surface area contributed by atoms with Gasteiger partial charge in [-0.15, -0.1) is 0 Å². The summed E-state index contributed by atoms with van der Waals surface area (Å²) in [5, 5.41) is 3.04. The molecule has 0 unspecified atom stereocenters. The fraction of sp³-hybridized carbons (Fsp3) is 0.619. The zero-order valence-corrected chi connectivity index (χ0v) is 15.9. The fourth-order valence-electron chi connectivity index (χ4n) is 4.31. The highest BCUT2D eigenvalue weighted by Gasteiger charge is 2.40. The molecule has 0 spiro atoms. The van der Waals surface area contributed by atoms with E-state index in [9.17, 15) is 9.59 Å². The first-order chi connectivity index (χ1) is 12.6. The van der Waals surface area contributed by atoms with Crippen LogP contribution in [0.1, 0.15) is 38.2 Å². The SMILES string of the molecule is CC(=O)C1(c2ccccc2)CCN(CC(=O)NCCN2CCCC2)CC1. The second-order valence-corrected chi connectivity index (χ2v) is 7.68. The lowest BCUT2D eigenvalue weighted by molar-refractivity contribution is -0.125. The highest BCUT2D eigenvalue weighted by molar-refractivity contribution is 5.88. The molecule has 0 aliphatic carbocycles. The number of amides is 1. The maximum absolute atomic E-state index is 12.4. The summed E-state index contributed by atoms with van der Waals surface area (Å²) in [6.07, 6.45) is 4.13. The minimum atomic E-state index is -0.385. The van der Waals surface area contributed by atoms with E-state index in [1.165, 1.54) is 12.8 Å². The van der Waals surface area contributed by atoms with Crippen LogP contribution >= 0.6 is 0 Å². The van der Waals surface area contributed by atoms with E-state index in [1.54, 1.807) is 6.92 Å². The number of rotatable bonds is 7. The molecule has 0 bridgehead atoms. The standard InChI is InChI=1S/C21H31N3O2/c1-18(25)21(19-7-3-2-4-8-19)9-14-24(15-10-21)17-20(26)22-11-16-23-12-5-6-13-23/h2-4,7-8H,5-6,9-17H2,1H3,(H,22,26). The van der Waals surface area contributed by atoms with Gasteiger partial charge in [0.2, 0.25) is 5.91 Å². The van der Waals surface area contributed by atoms with Crippen molar-refractivity contribution in [3.8, 4) is 0 Å². The van der Waals surface area contributed by atoms with Crippen LogP contribution in [0.25, 0.3) is 0 Å². The first-order valence-electron chi connectivity index (χ1n) is 9.88. The maximum Gasteiger partial charge on any atom is 0.234 e. The Morgan fingerprint density at radius 2 is 1.65 bits per heavy atom. The van der Waals surface area contributed by atoms with Gasteiger partial charge in [-0.1, -0.05) is 30.3 Å². The molecule has 1 aromatic rings. The van der Waals surface area contributed by atoms with Crippen molar-refractivity contribution in [2.45, 2.75) is 38.0 Å². The van der Waals surface area contributed by atoms with Crippen molar-refractivity contribution in [3.05, 3.63) is 35.9 Å². The van der Waals surface area contributed by atoms with Gasteiger partial charge in [-0.2, -0.15) is 0 Å². The average Bonchev–Trinajstić information content (AvgIpc) is 3.16. The van der Waals surface area contributed by atoms with Crippen molar-refractivity contribution < 1.29 is 9.59 Å². The lowest BCUT2D eigenvalue weighted by Crippen LogP contribution is -2.49. The minimum absolute atomic E-state index is 0.0965. The normalized spacial score (nSPS) is 20.8. The molecule has 0 atom stereocenters. The maximum atomic E-state index is 12.4. The molecule has 2 aliphatic rings. The molecule has 2 saturated heterocycles. The predicted molar refractivity (Wildman–Crippen MR) is 103 cm³/mol. The minimum Gasteiger partial charge on any atom is -0.354 e. The average molecular weight is 357 g/mol. The fourth-order valence-corrected chi connectivity index (χ4v) is 4.31. The quantitative estimate of drug-likeness (QED) is 0.809. The van der Waals surface area contributed by atoms with E-state index < -0.39 is 0 Å². The van der Waals surface area contributed by atoms with Crippen LogP contribution in [0.5, 0.6) is 0 Å². The molecule has 26 heavy (non-hydrogen) atoms. The van der Waals surface area contributed by atoms with Crippen molar-refractivity contribution in [3.63, 3.8) is 0 Å². The van der Waals surface area contributed by atoms with Crippen LogP contribution in [0, 0.1) is 0 Å². The van der Waals surface area contributed by atoms with Crippen LogP contribution in [0.15, 0.2) is 30.3 Å². The number of ketones is 1. The Labute approximate surface area is 156 Å². The monoisotopic (exact) mass is 357 g/mol. The highest BCUT2D eigenvalue weighted by Crippen LogP contribution is 2.36. The third-order valence-corrected chi connectivity index (χ3v) is 6.03. The van der Waals surface area contributed by atoms with Gasteiger partial charge in [-0.3, -0.25) is 14.5 Å². The molecule has 2 aliphatic heterocycles. The molecule has 0 aromatic heterocycles. The summed E-state index contributed by atoms with van der Waals surface area (Å²) in [5.41, 5.74) is 0.728. The summed E-state index contributed by atoms with van der Waals surface area (Å²) in [6, 6.07) is 10.1. The van der Waals surface area contributed by atoms with Gasteiger partial charge in [0, 0.05) is 13.1 Å². The number of hydrogen-bond donors (Lipinski definition) is 1. The molecule has 1 aromatic carbocycles. The second kappa shape index (κ2) is 8.78. The Bertz CT molecular complexity index is 603. The smallest absolute Gasteiger partial charge is 0.234 e. The second-order valence-electron chi connectivity index (χ2n) is 7.68. The van der Waals surface area contributed by atoms with Gasteiger partial charge in [0.05, 0.1) is 12.0 Å². The first kappa shape index (κ1) is 19.1. The van der Waals surface area contributed by atoms with Crippen LogP contribution in [0.3, 0.4) is 0 Å². The number of benzene rings is 1. The number of nitrogens with one attached hydrogen (secondary N) is 1. The zero-order valence-electron chi connectivity index (χ0n) is 15.9. The third-order valence-electron chi connectivity index (χ3n) is 6.03. The van der Waals surface area contributed by atoms with Crippen LogP contribution < -0.4 is 5.32 Å². The van der Waals surface area contributed by atoms with Crippen LogP contribution in [-0.4, -0.2) is 67.3 Å².